The molecule has 1 aromatic heterocycles. The molecule has 0 saturated carbocycles. The molecule has 1 unspecified atom stereocenters. The van der Waals surface area contributed by atoms with Gasteiger partial charge in [-0.3, -0.25) is 0 Å². The molecule has 0 bridgehead atoms. The summed E-state index contributed by atoms with van der Waals surface area (Å²) in [6.45, 7) is 3.76. The third-order valence-corrected chi connectivity index (χ3v) is 8.25. The number of carbonyl (C=O) groups is 1. The van der Waals surface area contributed by atoms with Crippen LogP contribution in [0.4, 0.5) is 10.5 Å². The third kappa shape index (κ3) is 5.73. The lowest BCUT2D eigenvalue weighted by molar-refractivity contribution is 0.241. The van der Waals surface area contributed by atoms with Crippen LogP contribution in [0.5, 0.6) is 0 Å². The lowest BCUT2D eigenvalue weighted by atomic mass is 10.1. The fourth-order valence-corrected chi connectivity index (χ4v) is 6.05. The predicted octanol–water partition coefficient (Wildman–Crippen LogP) is 4.75. The van der Waals surface area contributed by atoms with Crippen LogP contribution in [0, 0.1) is 6.92 Å². The van der Waals surface area contributed by atoms with E-state index in [1.807, 2.05) is 53.2 Å². The fourth-order valence-electron chi connectivity index (χ4n) is 4.89. The number of carbonyl (C=O) groups excluding carboxylic acids is 1. The fraction of sp³-hybridized carbons (Fsp3) is 0.241. The number of aryl methyl sites for hydroxylation is 1. The number of aromatic nitrogens is 2. The van der Waals surface area contributed by atoms with Crippen molar-refractivity contribution in [2.45, 2.75) is 37.1 Å². The Labute approximate surface area is 223 Å². The van der Waals surface area contributed by atoms with E-state index in [9.17, 15) is 13.2 Å². The van der Waals surface area contributed by atoms with Gasteiger partial charge in [-0.15, -0.1) is 0 Å². The number of nitrogens with one attached hydrogen (secondary N) is 2. The van der Waals surface area contributed by atoms with Gasteiger partial charge in [-0.2, -0.15) is 0 Å². The molecule has 1 saturated heterocycles. The van der Waals surface area contributed by atoms with E-state index in [4.69, 9.17) is 0 Å². The van der Waals surface area contributed by atoms with Gasteiger partial charge >= 0.3 is 6.03 Å². The number of sulfonamides is 1. The van der Waals surface area contributed by atoms with Crippen LogP contribution in [-0.2, 0) is 16.4 Å². The van der Waals surface area contributed by atoms with Gasteiger partial charge in [0.25, 0.3) is 10.0 Å². The molecule has 1 fully saturated rings. The first-order valence-electron chi connectivity index (χ1n) is 12.7. The molecule has 8 nitrogen and oxygen atoms in total. The summed E-state index contributed by atoms with van der Waals surface area (Å²) in [5.74, 6) is 0.607. The molecule has 0 aliphatic carbocycles. The molecule has 38 heavy (non-hydrogen) atoms. The SMILES string of the molecule is Cc1ccccc1S(=O)(=O)NC(=O)NC(Cc1ccccc1)c1nccn1-c1cccc(N2CCCC2)c1. The Morgan fingerprint density at radius 1 is 0.947 bits per heavy atom. The minimum atomic E-state index is -4.05. The number of urea groups is 1. The standard InChI is InChI=1S/C29H31N5O3S/c1-22-10-5-6-15-27(22)38(36,37)32-29(35)31-26(20-23-11-3-2-4-12-23)28-30-16-19-34(28)25-14-9-13-24(21-25)33-17-7-8-18-33/h2-6,9-16,19,21,26H,7-8,17-18,20H2,1H3,(H2,31,32,35). The van der Waals surface area contributed by atoms with Crippen molar-refractivity contribution in [3.05, 3.63) is 108 Å². The summed E-state index contributed by atoms with van der Waals surface area (Å²) in [7, 11) is -4.05. The van der Waals surface area contributed by atoms with Crippen molar-refractivity contribution in [3.63, 3.8) is 0 Å². The lowest BCUT2D eigenvalue weighted by Crippen LogP contribution is -2.42. The highest BCUT2D eigenvalue weighted by atomic mass is 32.2. The lowest BCUT2D eigenvalue weighted by Gasteiger charge is -2.22. The molecule has 196 valence electrons. The van der Waals surface area contributed by atoms with Gasteiger partial charge in [0.05, 0.1) is 10.9 Å². The highest BCUT2D eigenvalue weighted by Gasteiger charge is 2.25. The van der Waals surface area contributed by atoms with E-state index in [0.717, 1.165) is 30.0 Å². The van der Waals surface area contributed by atoms with Crippen LogP contribution in [0.1, 0.15) is 35.8 Å². The van der Waals surface area contributed by atoms with Gasteiger partial charge < -0.3 is 14.8 Å². The zero-order valence-corrected chi connectivity index (χ0v) is 22.1. The maximum atomic E-state index is 13.1. The van der Waals surface area contributed by atoms with Gasteiger partial charge in [0.1, 0.15) is 5.82 Å². The average Bonchev–Trinajstić information content (AvgIpc) is 3.62. The highest BCUT2D eigenvalue weighted by Crippen LogP contribution is 2.26. The van der Waals surface area contributed by atoms with Gasteiger partial charge in [-0.25, -0.2) is 22.9 Å². The Balaban J connectivity index is 1.44. The highest BCUT2D eigenvalue weighted by molar-refractivity contribution is 7.90. The van der Waals surface area contributed by atoms with E-state index in [2.05, 4.69) is 32.1 Å². The van der Waals surface area contributed by atoms with Crippen LogP contribution in [0.2, 0.25) is 0 Å². The largest absolute Gasteiger partial charge is 0.371 e. The van der Waals surface area contributed by atoms with Crippen molar-refractivity contribution < 1.29 is 13.2 Å². The van der Waals surface area contributed by atoms with Gasteiger partial charge in [0, 0.05) is 36.9 Å². The number of nitrogens with zero attached hydrogens (tertiary/aromatic N) is 3. The molecule has 3 aromatic carbocycles. The Hall–Kier alpha value is -4.11. The van der Waals surface area contributed by atoms with Crippen LogP contribution in [0.15, 0.2) is 96.2 Å². The van der Waals surface area contributed by atoms with E-state index in [1.165, 1.54) is 18.9 Å². The van der Waals surface area contributed by atoms with E-state index >= 15 is 0 Å². The van der Waals surface area contributed by atoms with Crippen LogP contribution in [-0.4, -0.2) is 37.1 Å². The van der Waals surface area contributed by atoms with Crippen molar-refractivity contribution in [3.8, 4) is 5.69 Å². The average molecular weight is 530 g/mol. The first kappa shape index (κ1) is 25.5. The topological polar surface area (TPSA) is 96.3 Å². The van der Waals surface area contributed by atoms with E-state index in [1.54, 1.807) is 31.3 Å². The minimum absolute atomic E-state index is 0.0648. The predicted molar refractivity (Wildman–Crippen MR) is 148 cm³/mol. The normalized spacial score (nSPS) is 14.3. The number of imidazole rings is 1. The molecule has 0 radical (unpaired) electrons. The number of hydrogen-bond acceptors (Lipinski definition) is 5. The van der Waals surface area contributed by atoms with Gasteiger partial charge in [-0.05, 0) is 61.6 Å². The van der Waals surface area contributed by atoms with Crippen LogP contribution in [0.25, 0.3) is 5.69 Å². The molecule has 2 amide bonds. The monoisotopic (exact) mass is 529 g/mol. The molecule has 0 spiro atoms. The van der Waals surface area contributed by atoms with Crippen molar-refractivity contribution in [1.82, 2.24) is 19.6 Å². The second-order valence-electron chi connectivity index (χ2n) is 9.46. The quantitative estimate of drug-likeness (QED) is 0.343. The zero-order valence-electron chi connectivity index (χ0n) is 21.2. The Kier molecular flexibility index (Phi) is 7.46. The summed E-state index contributed by atoms with van der Waals surface area (Å²) in [4.78, 5) is 20.1. The summed E-state index contributed by atoms with van der Waals surface area (Å²) >= 11 is 0. The Morgan fingerprint density at radius 2 is 1.66 bits per heavy atom. The maximum absolute atomic E-state index is 13.1. The van der Waals surface area contributed by atoms with Crippen molar-refractivity contribution in [1.29, 1.82) is 0 Å². The second kappa shape index (κ2) is 11.1. The zero-order chi connectivity index (χ0) is 26.5. The van der Waals surface area contributed by atoms with Gasteiger partial charge in [0.15, 0.2) is 0 Å². The number of benzene rings is 3. The number of amides is 2. The molecular formula is C29H31N5O3S. The molecule has 1 aliphatic rings. The molecule has 9 heteroatoms. The molecular weight excluding hydrogens is 498 g/mol. The first-order chi connectivity index (χ1) is 18.4. The van der Waals surface area contributed by atoms with Crippen molar-refractivity contribution >= 4 is 21.7 Å². The number of anilines is 1. The molecule has 1 atom stereocenters. The Morgan fingerprint density at radius 3 is 2.42 bits per heavy atom. The molecule has 2 heterocycles. The molecule has 4 aromatic rings. The van der Waals surface area contributed by atoms with Gasteiger partial charge in [0.2, 0.25) is 0 Å². The summed E-state index contributed by atoms with van der Waals surface area (Å²) in [5, 5.41) is 2.87. The molecule has 5 rings (SSSR count). The summed E-state index contributed by atoms with van der Waals surface area (Å²) in [5.41, 5.74) is 3.62. The van der Waals surface area contributed by atoms with Gasteiger partial charge in [-0.1, -0.05) is 54.6 Å². The first-order valence-corrected chi connectivity index (χ1v) is 14.2. The molecule has 2 N–H and O–H groups in total. The minimum Gasteiger partial charge on any atom is -0.371 e. The summed E-state index contributed by atoms with van der Waals surface area (Å²) in [6.07, 6.45) is 6.36. The molecule has 1 aliphatic heterocycles. The number of rotatable bonds is 8. The third-order valence-electron chi connectivity index (χ3n) is 6.76. The van der Waals surface area contributed by atoms with Crippen molar-refractivity contribution in [2.24, 2.45) is 0 Å². The number of hydrogen-bond donors (Lipinski definition) is 2. The summed E-state index contributed by atoms with van der Waals surface area (Å²) in [6, 6.07) is 23.1. The van der Waals surface area contributed by atoms with Crippen LogP contribution in [0.3, 0.4) is 0 Å². The van der Waals surface area contributed by atoms with E-state index in [0.29, 0.717) is 17.8 Å². The van der Waals surface area contributed by atoms with Crippen molar-refractivity contribution in [2.75, 3.05) is 18.0 Å². The smallest absolute Gasteiger partial charge is 0.329 e. The summed E-state index contributed by atoms with van der Waals surface area (Å²) < 4.78 is 30.0. The Bertz CT molecular complexity index is 1510. The second-order valence-corrected chi connectivity index (χ2v) is 11.1. The maximum Gasteiger partial charge on any atom is 0.329 e. The van der Waals surface area contributed by atoms with E-state index < -0.39 is 22.1 Å². The van der Waals surface area contributed by atoms with Crippen LogP contribution < -0.4 is 14.9 Å². The van der Waals surface area contributed by atoms with Crippen LogP contribution >= 0.6 is 0 Å². The van der Waals surface area contributed by atoms with E-state index in [-0.39, 0.29) is 4.90 Å².